The van der Waals surface area contributed by atoms with Gasteiger partial charge in [0.1, 0.15) is 0 Å². The number of carbonyl (C=O) groups is 1. The van der Waals surface area contributed by atoms with E-state index in [-0.39, 0.29) is 5.91 Å². The second kappa shape index (κ2) is 6.52. The molecule has 102 valence electrons. The maximum atomic E-state index is 11.5. The molecule has 2 aromatic rings. The fourth-order valence-corrected chi connectivity index (χ4v) is 1.75. The van der Waals surface area contributed by atoms with Crippen LogP contribution in [0.25, 0.3) is 0 Å². The van der Waals surface area contributed by atoms with Gasteiger partial charge >= 0.3 is 0 Å². The highest BCUT2D eigenvalue weighted by Gasteiger charge is 2.09. The predicted molar refractivity (Wildman–Crippen MR) is 83.2 cm³/mol. The van der Waals surface area contributed by atoms with Crippen LogP contribution in [-0.4, -0.2) is 19.2 Å². The molecule has 0 saturated carbocycles. The molecule has 0 radical (unpaired) electrons. The van der Waals surface area contributed by atoms with E-state index in [0.717, 1.165) is 16.9 Å². The lowest BCUT2D eigenvalue weighted by Crippen LogP contribution is -2.23. The van der Waals surface area contributed by atoms with Gasteiger partial charge in [-0.2, -0.15) is 5.10 Å². The Bertz CT molecular complexity index is 608. The zero-order valence-corrected chi connectivity index (χ0v) is 11.6. The van der Waals surface area contributed by atoms with Crippen molar-refractivity contribution in [2.24, 2.45) is 5.10 Å². The first-order chi connectivity index (χ1) is 9.68. The third kappa shape index (κ3) is 3.45. The Morgan fingerprint density at radius 2 is 1.75 bits per heavy atom. The summed E-state index contributed by atoms with van der Waals surface area (Å²) in [6.07, 6.45) is 1.74. The number of hydrazone groups is 1. The lowest BCUT2D eigenvalue weighted by atomic mass is 10.2. The highest BCUT2D eigenvalue weighted by molar-refractivity contribution is 5.94. The van der Waals surface area contributed by atoms with E-state index < -0.39 is 0 Å². The number of anilines is 2. The van der Waals surface area contributed by atoms with Gasteiger partial charge in [-0.1, -0.05) is 42.5 Å². The van der Waals surface area contributed by atoms with Crippen LogP contribution in [0.5, 0.6) is 0 Å². The minimum Gasteiger partial charge on any atom is -0.314 e. The van der Waals surface area contributed by atoms with Crippen molar-refractivity contribution in [2.75, 3.05) is 17.4 Å². The standard InChI is InChI=1S/C16H17N3O/c1-13(20)19(2)16-11-7-6-10-15(16)18-17-12-14-8-4-3-5-9-14/h3-12,18H,1-2H3/b17-12+. The van der Waals surface area contributed by atoms with Crippen LogP contribution in [-0.2, 0) is 4.79 Å². The zero-order valence-electron chi connectivity index (χ0n) is 11.6. The zero-order chi connectivity index (χ0) is 14.4. The topological polar surface area (TPSA) is 44.7 Å². The third-order valence-corrected chi connectivity index (χ3v) is 2.94. The Hall–Kier alpha value is -2.62. The third-order valence-electron chi connectivity index (χ3n) is 2.94. The number of carbonyl (C=O) groups excluding carboxylic acids is 1. The summed E-state index contributed by atoms with van der Waals surface area (Å²) in [4.78, 5) is 13.0. The molecular weight excluding hydrogens is 250 g/mol. The molecule has 0 atom stereocenters. The summed E-state index contributed by atoms with van der Waals surface area (Å²) in [5.41, 5.74) is 5.57. The normalized spacial score (nSPS) is 10.5. The minimum absolute atomic E-state index is 0.0220. The lowest BCUT2D eigenvalue weighted by molar-refractivity contribution is -0.116. The van der Waals surface area contributed by atoms with Crippen LogP contribution in [0.1, 0.15) is 12.5 Å². The van der Waals surface area contributed by atoms with E-state index in [2.05, 4.69) is 10.5 Å². The largest absolute Gasteiger partial charge is 0.314 e. The summed E-state index contributed by atoms with van der Waals surface area (Å²) >= 11 is 0. The molecule has 0 aliphatic heterocycles. The van der Waals surface area contributed by atoms with E-state index in [9.17, 15) is 4.79 Å². The molecule has 0 saturated heterocycles. The number of rotatable bonds is 4. The van der Waals surface area contributed by atoms with Crippen LogP contribution in [0.4, 0.5) is 11.4 Å². The molecule has 0 heterocycles. The number of amides is 1. The maximum absolute atomic E-state index is 11.5. The van der Waals surface area contributed by atoms with Gasteiger partial charge in [0, 0.05) is 14.0 Å². The van der Waals surface area contributed by atoms with Gasteiger partial charge in [0.25, 0.3) is 0 Å². The number of benzene rings is 2. The molecular formula is C16H17N3O. The van der Waals surface area contributed by atoms with Gasteiger partial charge in [-0.05, 0) is 17.7 Å². The molecule has 1 amide bonds. The van der Waals surface area contributed by atoms with Crippen LogP contribution in [0, 0.1) is 0 Å². The first kappa shape index (κ1) is 13.8. The van der Waals surface area contributed by atoms with Crippen LogP contribution in [0.15, 0.2) is 59.7 Å². The first-order valence-corrected chi connectivity index (χ1v) is 6.36. The monoisotopic (exact) mass is 267 g/mol. The van der Waals surface area contributed by atoms with Gasteiger partial charge < -0.3 is 4.90 Å². The molecule has 0 bridgehead atoms. The summed E-state index contributed by atoms with van der Waals surface area (Å²) < 4.78 is 0. The van der Waals surface area contributed by atoms with Gasteiger partial charge in [0.05, 0.1) is 17.6 Å². The Morgan fingerprint density at radius 1 is 1.10 bits per heavy atom. The molecule has 0 aliphatic rings. The molecule has 0 fully saturated rings. The minimum atomic E-state index is -0.0220. The molecule has 2 rings (SSSR count). The van der Waals surface area contributed by atoms with Crippen LogP contribution < -0.4 is 10.3 Å². The number of nitrogens with one attached hydrogen (secondary N) is 1. The Morgan fingerprint density at radius 3 is 2.45 bits per heavy atom. The van der Waals surface area contributed by atoms with Crippen molar-refractivity contribution >= 4 is 23.5 Å². The van der Waals surface area contributed by atoms with Crippen molar-refractivity contribution in [3.63, 3.8) is 0 Å². The molecule has 0 aromatic heterocycles. The summed E-state index contributed by atoms with van der Waals surface area (Å²) in [6, 6.07) is 17.4. The molecule has 2 aromatic carbocycles. The SMILES string of the molecule is CC(=O)N(C)c1ccccc1N/N=C/c1ccccc1. The Kier molecular flexibility index (Phi) is 4.50. The van der Waals surface area contributed by atoms with Crippen LogP contribution >= 0.6 is 0 Å². The fraction of sp³-hybridized carbons (Fsp3) is 0.125. The van der Waals surface area contributed by atoms with Crippen molar-refractivity contribution in [1.82, 2.24) is 0 Å². The number of hydrogen-bond donors (Lipinski definition) is 1. The van der Waals surface area contributed by atoms with Gasteiger partial charge in [-0.15, -0.1) is 0 Å². The highest BCUT2D eigenvalue weighted by Crippen LogP contribution is 2.24. The molecule has 0 spiro atoms. The average molecular weight is 267 g/mol. The second-order valence-electron chi connectivity index (χ2n) is 4.38. The van der Waals surface area contributed by atoms with Crippen molar-refractivity contribution in [3.8, 4) is 0 Å². The average Bonchev–Trinajstić information content (AvgIpc) is 2.48. The molecule has 1 N–H and O–H groups in total. The van der Waals surface area contributed by atoms with E-state index in [1.807, 2.05) is 54.6 Å². The van der Waals surface area contributed by atoms with Crippen molar-refractivity contribution < 1.29 is 4.79 Å². The summed E-state index contributed by atoms with van der Waals surface area (Å²) in [7, 11) is 1.74. The quantitative estimate of drug-likeness (QED) is 0.683. The van der Waals surface area contributed by atoms with E-state index in [1.165, 1.54) is 6.92 Å². The van der Waals surface area contributed by atoms with Crippen molar-refractivity contribution in [2.45, 2.75) is 6.92 Å². The fourth-order valence-electron chi connectivity index (χ4n) is 1.75. The number of nitrogens with zero attached hydrogens (tertiary/aromatic N) is 2. The smallest absolute Gasteiger partial charge is 0.223 e. The van der Waals surface area contributed by atoms with Gasteiger partial charge in [0.15, 0.2) is 0 Å². The second-order valence-corrected chi connectivity index (χ2v) is 4.38. The maximum Gasteiger partial charge on any atom is 0.223 e. The Balaban J connectivity index is 2.14. The number of hydrogen-bond acceptors (Lipinski definition) is 3. The van der Waals surface area contributed by atoms with Crippen molar-refractivity contribution in [1.29, 1.82) is 0 Å². The lowest BCUT2D eigenvalue weighted by Gasteiger charge is -2.18. The molecule has 4 nitrogen and oxygen atoms in total. The molecule has 4 heteroatoms. The number of para-hydroxylation sites is 2. The van der Waals surface area contributed by atoms with Gasteiger partial charge in [-0.25, -0.2) is 0 Å². The summed E-state index contributed by atoms with van der Waals surface area (Å²) in [5.74, 6) is -0.0220. The summed E-state index contributed by atoms with van der Waals surface area (Å²) in [5, 5.41) is 4.20. The van der Waals surface area contributed by atoms with Crippen LogP contribution in [0.3, 0.4) is 0 Å². The molecule has 0 aliphatic carbocycles. The predicted octanol–water partition coefficient (Wildman–Crippen LogP) is 3.12. The van der Waals surface area contributed by atoms with Gasteiger partial charge in [-0.3, -0.25) is 10.2 Å². The Labute approximate surface area is 118 Å². The van der Waals surface area contributed by atoms with E-state index >= 15 is 0 Å². The van der Waals surface area contributed by atoms with Crippen molar-refractivity contribution in [3.05, 3.63) is 60.2 Å². The van der Waals surface area contributed by atoms with E-state index in [1.54, 1.807) is 18.2 Å². The highest BCUT2D eigenvalue weighted by atomic mass is 16.2. The van der Waals surface area contributed by atoms with Crippen LogP contribution in [0.2, 0.25) is 0 Å². The van der Waals surface area contributed by atoms with E-state index in [0.29, 0.717) is 0 Å². The first-order valence-electron chi connectivity index (χ1n) is 6.36. The molecule has 0 unspecified atom stereocenters. The summed E-state index contributed by atoms with van der Waals surface area (Å²) in [6.45, 7) is 1.53. The molecule has 20 heavy (non-hydrogen) atoms. The van der Waals surface area contributed by atoms with Gasteiger partial charge in [0.2, 0.25) is 5.91 Å². The van der Waals surface area contributed by atoms with E-state index in [4.69, 9.17) is 0 Å².